The van der Waals surface area contributed by atoms with E-state index in [1.54, 1.807) is 0 Å². The lowest BCUT2D eigenvalue weighted by atomic mass is 9.80. The average molecular weight is 723 g/mol. The molecular weight excluding hydrogens is 689 g/mol. The van der Waals surface area contributed by atoms with Crippen LogP contribution in [0, 0.1) is 0 Å². The first-order valence-corrected chi connectivity index (χ1v) is 18.7. The minimum Gasteiger partial charge on any atom is -0.289 e. The van der Waals surface area contributed by atoms with Crippen molar-refractivity contribution in [2.24, 2.45) is 0 Å². The standard InChI is InChI=1S/C50H34N4O2/c1-50(2)41-30-36(46(56)32-17-9-4-10-18-32)23-25-37(41)38-26-27-39-40-29-35(45(55)31-15-7-3-8-16-31)24-28-42(40)54(44(39)43(38)50)49-52-47(33-19-11-5-12-20-33)51-48(53-49)34-21-13-6-14-22-34/h3-30H,1-2H3. The van der Waals surface area contributed by atoms with E-state index in [4.69, 9.17) is 15.0 Å². The van der Waals surface area contributed by atoms with Crippen LogP contribution >= 0.6 is 0 Å². The van der Waals surface area contributed by atoms with Crippen LogP contribution in [0.15, 0.2) is 170 Å². The van der Waals surface area contributed by atoms with Crippen LogP contribution in [0.25, 0.3) is 61.7 Å². The normalized spacial score (nSPS) is 12.8. The molecule has 2 aromatic heterocycles. The Morgan fingerprint density at radius 3 is 1.55 bits per heavy atom. The third-order valence-corrected chi connectivity index (χ3v) is 11.0. The van der Waals surface area contributed by atoms with Crippen molar-refractivity contribution in [1.82, 2.24) is 19.5 Å². The fraction of sp³-hybridized carbons (Fsp3) is 0.0600. The maximum Gasteiger partial charge on any atom is 0.238 e. The molecule has 0 bridgehead atoms. The lowest BCUT2D eigenvalue weighted by Gasteiger charge is -2.24. The largest absolute Gasteiger partial charge is 0.289 e. The summed E-state index contributed by atoms with van der Waals surface area (Å²) < 4.78 is 2.14. The van der Waals surface area contributed by atoms with E-state index in [0.717, 1.165) is 55.2 Å². The molecule has 10 rings (SSSR count). The quantitative estimate of drug-likeness (QED) is 0.153. The van der Waals surface area contributed by atoms with Gasteiger partial charge in [0.15, 0.2) is 23.2 Å². The smallest absolute Gasteiger partial charge is 0.238 e. The minimum atomic E-state index is -0.524. The molecule has 0 unspecified atom stereocenters. The molecule has 56 heavy (non-hydrogen) atoms. The predicted octanol–water partition coefficient (Wildman–Crippen LogP) is 11.1. The molecule has 9 aromatic rings. The Balaban J connectivity index is 1.26. The number of ketones is 2. The van der Waals surface area contributed by atoms with E-state index in [9.17, 15) is 9.59 Å². The maximum atomic E-state index is 13.9. The van der Waals surface area contributed by atoms with E-state index in [-0.39, 0.29) is 11.6 Å². The number of nitrogens with zero attached hydrogens (tertiary/aromatic N) is 4. The van der Waals surface area contributed by atoms with Gasteiger partial charge in [0.2, 0.25) is 5.95 Å². The second kappa shape index (κ2) is 12.9. The van der Waals surface area contributed by atoms with Gasteiger partial charge in [0.05, 0.1) is 11.0 Å². The zero-order chi connectivity index (χ0) is 38.0. The summed E-state index contributed by atoms with van der Waals surface area (Å²) >= 11 is 0. The molecule has 2 heterocycles. The number of hydrogen-bond donors (Lipinski definition) is 0. The highest BCUT2D eigenvalue weighted by Gasteiger charge is 2.39. The second-order valence-electron chi connectivity index (χ2n) is 14.7. The van der Waals surface area contributed by atoms with Gasteiger partial charge >= 0.3 is 0 Å². The maximum absolute atomic E-state index is 13.9. The van der Waals surface area contributed by atoms with E-state index >= 15 is 0 Å². The van der Waals surface area contributed by atoms with Crippen LogP contribution in [-0.2, 0) is 5.41 Å². The van der Waals surface area contributed by atoms with Gasteiger partial charge in [0.1, 0.15) is 0 Å². The highest BCUT2D eigenvalue weighted by atomic mass is 16.1. The van der Waals surface area contributed by atoms with Crippen molar-refractivity contribution in [3.05, 3.63) is 203 Å². The molecule has 1 aliphatic carbocycles. The third-order valence-electron chi connectivity index (χ3n) is 11.0. The summed E-state index contributed by atoms with van der Waals surface area (Å²) in [5.74, 6) is 1.52. The third kappa shape index (κ3) is 5.29. The summed E-state index contributed by atoms with van der Waals surface area (Å²) in [5.41, 5.74) is 9.91. The van der Waals surface area contributed by atoms with Crippen molar-refractivity contribution < 1.29 is 9.59 Å². The van der Waals surface area contributed by atoms with E-state index in [2.05, 4.69) is 42.7 Å². The summed E-state index contributed by atoms with van der Waals surface area (Å²) in [6, 6.07) is 55.0. The molecule has 6 nitrogen and oxygen atoms in total. The molecule has 6 heteroatoms. The van der Waals surface area contributed by atoms with Crippen LogP contribution in [0.3, 0.4) is 0 Å². The van der Waals surface area contributed by atoms with Gasteiger partial charge in [-0.3, -0.25) is 14.2 Å². The molecule has 0 aliphatic heterocycles. The number of hydrogen-bond acceptors (Lipinski definition) is 5. The molecule has 0 amide bonds. The summed E-state index contributed by atoms with van der Waals surface area (Å²) in [6.07, 6.45) is 0. The second-order valence-corrected chi connectivity index (χ2v) is 14.7. The molecule has 1 aliphatic rings. The number of rotatable bonds is 7. The van der Waals surface area contributed by atoms with Crippen LogP contribution in [0.4, 0.5) is 0 Å². The van der Waals surface area contributed by atoms with E-state index in [1.807, 2.05) is 146 Å². The van der Waals surface area contributed by atoms with E-state index < -0.39 is 5.41 Å². The highest BCUT2D eigenvalue weighted by Crippen LogP contribution is 2.53. The van der Waals surface area contributed by atoms with Gasteiger partial charge in [-0.25, -0.2) is 4.98 Å². The van der Waals surface area contributed by atoms with Crippen molar-refractivity contribution >= 4 is 33.4 Å². The SMILES string of the molecule is CC1(C)c2cc(C(=O)c3ccccc3)ccc2-c2ccc3c4cc(C(=O)c5ccccc5)ccc4n(-c4nc(-c5ccccc5)nc(-c5ccccc5)n4)c3c21. The van der Waals surface area contributed by atoms with E-state index in [1.165, 1.54) is 0 Å². The first kappa shape index (κ1) is 33.3. The number of fused-ring (bicyclic) bond motifs is 7. The van der Waals surface area contributed by atoms with Gasteiger partial charge in [-0.2, -0.15) is 9.97 Å². The van der Waals surface area contributed by atoms with Gasteiger partial charge in [-0.1, -0.05) is 159 Å². The highest BCUT2D eigenvalue weighted by molar-refractivity contribution is 6.17. The predicted molar refractivity (Wildman–Crippen MR) is 222 cm³/mol. The topological polar surface area (TPSA) is 77.7 Å². The monoisotopic (exact) mass is 722 g/mol. The summed E-state index contributed by atoms with van der Waals surface area (Å²) in [7, 11) is 0. The molecular formula is C50H34N4O2. The Labute approximate surface area is 323 Å². The molecule has 0 saturated carbocycles. The van der Waals surface area contributed by atoms with Crippen molar-refractivity contribution in [1.29, 1.82) is 0 Å². The molecule has 0 spiro atoms. The summed E-state index contributed by atoms with van der Waals surface area (Å²) in [5, 5.41) is 1.89. The Morgan fingerprint density at radius 1 is 0.482 bits per heavy atom. The van der Waals surface area contributed by atoms with E-state index in [0.29, 0.717) is 39.9 Å². The zero-order valence-electron chi connectivity index (χ0n) is 30.8. The van der Waals surface area contributed by atoms with Gasteiger partial charge in [0, 0.05) is 49.6 Å². The lowest BCUT2D eigenvalue weighted by Crippen LogP contribution is -2.18. The Kier molecular flexibility index (Phi) is 7.68. The summed E-state index contributed by atoms with van der Waals surface area (Å²) in [4.78, 5) is 43.0. The first-order valence-electron chi connectivity index (χ1n) is 18.7. The minimum absolute atomic E-state index is 0.0119. The van der Waals surface area contributed by atoms with Gasteiger partial charge in [0.25, 0.3) is 0 Å². The molecule has 266 valence electrons. The number of benzene rings is 7. The van der Waals surface area contributed by atoms with Crippen molar-refractivity contribution in [3.8, 4) is 39.9 Å². The van der Waals surface area contributed by atoms with Gasteiger partial charge in [-0.05, 0) is 46.5 Å². The zero-order valence-corrected chi connectivity index (χ0v) is 30.8. The average Bonchev–Trinajstić information content (AvgIpc) is 3.71. The molecule has 0 atom stereocenters. The Bertz CT molecular complexity index is 2950. The van der Waals surface area contributed by atoms with Gasteiger partial charge < -0.3 is 0 Å². The fourth-order valence-electron chi connectivity index (χ4n) is 8.30. The Hall–Kier alpha value is -7.31. The lowest BCUT2D eigenvalue weighted by molar-refractivity contribution is 0.103. The van der Waals surface area contributed by atoms with Crippen LogP contribution in [0.1, 0.15) is 56.8 Å². The number of carbonyl (C=O) groups is 2. The van der Waals surface area contributed by atoms with Crippen LogP contribution in [0.2, 0.25) is 0 Å². The van der Waals surface area contributed by atoms with Crippen molar-refractivity contribution in [2.75, 3.05) is 0 Å². The molecule has 0 radical (unpaired) electrons. The Morgan fingerprint density at radius 2 is 0.982 bits per heavy atom. The van der Waals surface area contributed by atoms with Crippen LogP contribution in [0.5, 0.6) is 0 Å². The summed E-state index contributed by atoms with van der Waals surface area (Å²) in [6.45, 7) is 4.44. The van der Waals surface area contributed by atoms with Crippen molar-refractivity contribution in [2.45, 2.75) is 19.3 Å². The molecule has 0 fully saturated rings. The number of aromatic nitrogens is 4. The first-order chi connectivity index (χ1) is 27.4. The van der Waals surface area contributed by atoms with Gasteiger partial charge in [-0.15, -0.1) is 0 Å². The molecule has 0 N–H and O–H groups in total. The number of carbonyl (C=O) groups excluding carboxylic acids is 2. The van der Waals surface area contributed by atoms with Crippen molar-refractivity contribution in [3.63, 3.8) is 0 Å². The fourth-order valence-corrected chi connectivity index (χ4v) is 8.30. The molecule has 7 aromatic carbocycles. The molecule has 0 saturated heterocycles. The van der Waals surface area contributed by atoms with Crippen LogP contribution < -0.4 is 0 Å². The van der Waals surface area contributed by atoms with Crippen LogP contribution in [-0.4, -0.2) is 31.1 Å².